The molecule has 2 amide bonds. The summed E-state index contributed by atoms with van der Waals surface area (Å²) >= 11 is 0. The molecule has 0 heterocycles. The lowest BCUT2D eigenvalue weighted by molar-refractivity contribution is 0.0877. The number of nitrogens with two attached hydrogens (primary N) is 1. The average Bonchev–Trinajstić information content (AvgIpc) is 2.38. The van der Waals surface area contributed by atoms with E-state index in [0.29, 0.717) is 11.3 Å². The number of benzene rings is 1. The molecule has 0 fully saturated rings. The van der Waals surface area contributed by atoms with Crippen molar-refractivity contribution >= 4 is 12.2 Å². The number of ether oxygens (including phenoxy) is 2. The Morgan fingerprint density at radius 3 is 2.35 bits per heavy atom. The van der Waals surface area contributed by atoms with Gasteiger partial charge in [0, 0.05) is 27.1 Å². The number of hydrogen-bond acceptors (Lipinski definition) is 5. The SMILES string of the molecule is CN(C)C(=O)Oc1ccc([C@@H](CCO)OC(N)=O)cc1. The largest absolute Gasteiger partial charge is 0.441 e. The van der Waals surface area contributed by atoms with E-state index in [1.165, 1.54) is 4.90 Å². The first-order chi connectivity index (χ1) is 9.43. The highest BCUT2D eigenvalue weighted by Gasteiger charge is 2.15. The summed E-state index contributed by atoms with van der Waals surface area (Å²) in [4.78, 5) is 23.5. The molecule has 1 atom stereocenters. The summed E-state index contributed by atoms with van der Waals surface area (Å²) in [6.45, 7) is -0.144. The van der Waals surface area contributed by atoms with E-state index in [4.69, 9.17) is 20.3 Å². The number of hydrogen-bond donors (Lipinski definition) is 2. The van der Waals surface area contributed by atoms with Gasteiger partial charge in [-0.1, -0.05) is 12.1 Å². The van der Waals surface area contributed by atoms with Crippen LogP contribution in [0.2, 0.25) is 0 Å². The second kappa shape index (κ2) is 7.34. The summed E-state index contributed by atoms with van der Waals surface area (Å²) in [6.07, 6.45) is -1.79. The van der Waals surface area contributed by atoms with Crippen molar-refractivity contribution in [3.8, 4) is 5.75 Å². The standard InChI is InChI=1S/C13H18N2O5/c1-15(2)13(18)19-10-5-3-9(4-6-10)11(7-8-16)20-12(14)17/h3-6,11,16H,7-8H2,1-2H3,(H2,14,17)/t11-/m1/s1. The van der Waals surface area contributed by atoms with Crippen LogP contribution in [-0.4, -0.2) is 42.9 Å². The Morgan fingerprint density at radius 1 is 1.30 bits per heavy atom. The number of carbonyl (C=O) groups is 2. The van der Waals surface area contributed by atoms with Crippen molar-refractivity contribution in [2.45, 2.75) is 12.5 Å². The zero-order valence-corrected chi connectivity index (χ0v) is 11.4. The van der Waals surface area contributed by atoms with Gasteiger partial charge in [0.15, 0.2) is 0 Å². The van der Waals surface area contributed by atoms with Crippen molar-refractivity contribution < 1.29 is 24.2 Å². The first-order valence-electron chi connectivity index (χ1n) is 6.00. The first-order valence-corrected chi connectivity index (χ1v) is 6.00. The molecule has 110 valence electrons. The minimum absolute atomic E-state index is 0.144. The van der Waals surface area contributed by atoms with Crippen LogP contribution in [0.5, 0.6) is 5.75 Å². The van der Waals surface area contributed by atoms with Crippen LogP contribution >= 0.6 is 0 Å². The van der Waals surface area contributed by atoms with Crippen LogP contribution in [0, 0.1) is 0 Å². The number of rotatable bonds is 5. The van der Waals surface area contributed by atoms with Crippen molar-refractivity contribution in [2.75, 3.05) is 20.7 Å². The van der Waals surface area contributed by atoms with E-state index in [9.17, 15) is 9.59 Å². The highest BCUT2D eigenvalue weighted by molar-refractivity contribution is 5.70. The zero-order valence-electron chi connectivity index (χ0n) is 11.4. The lowest BCUT2D eigenvalue weighted by Gasteiger charge is -2.16. The maximum absolute atomic E-state index is 11.4. The van der Waals surface area contributed by atoms with Gasteiger partial charge in [-0.2, -0.15) is 0 Å². The van der Waals surface area contributed by atoms with Gasteiger partial charge in [-0.05, 0) is 17.7 Å². The number of amides is 2. The minimum atomic E-state index is -0.911. The monoisotopic (exact) mass is 282 g/mol. The van der Waals surface area contributed by atoms with Gasteiger partial charge >= 0.3 is 12.2 Å². The summed E-state index contributed by atoms with van der Waals surface area (Å²) in [5.74, 6) is 0.370. The maximum atomic E-state index is 11.4. The number of carbonyl (C=O) groups excluding carboxylic acids is 2. The summed E-state index contributed by atoms with van der Waals surface area (Å²) in [7, 11) is 3.16. The second-order valence-electron chi connectivity index (χ2n) is 4.27. The quantitative estimate of drug-likeness (QED) is 0.846. The molecule has 20 heavy (non-hydrogen) atoms. The summed E-state index contributed by atoms with van der Waals surface area (Å²) in [5, 5.41) is 8.94. The summed E-state index contributed by atoms with van der Waals surface area (Å²) in [6, 6.07) is 6.43. The lowest BCUT2D eigenvalue weighted by Crippen LogP contribution is -2.25. The molecule has 0 aliphatic rings. The molecule has 1 aromatic rings. The lowest BCUT2D eigenvalue weighted by atomic mass is 10.1. The van der Waals surface area contributed by atoms with Crippen molar-refractivity contribution in [2.24, 2.45) is 5.73 Å². The molecular formula is C13H18N2O5. The fourth-order valence-corrected chi connectivity index (χ4v) is 1.49. The highest BCUT2D eigenvalue weighted by Crippen LogP contribution is 2.23. The fraction of sp³-hybridized carbons (Fsp3) is 0.385. The predicted octanol–water partition coefficient (Wildman–Crippen LogP) is 1.27. The third kappa shape index (κ3) is 4.77. The Bertz CT molecular complexity index is 458. The molecular weight excluding hydrogens is 264 g/mol. The van der Waals surface area contributed by atoms with Crippen LogP contribution in [0.4, 0.5) is 9.59 Å². The normalized spacial score (nSPS) is 11.6. The van der Waals surface area contributed by atoms with E-state index in [0.717, 1.165) is 0 Å². The number of aliphatic hydroxyl groups is 1. The van der Waals surface area contributed by atoms with Crippen molar-refractivity contribution in [1.29, 1.82) is 0 Å². The van der Waals surface area contributed by atoms with Gasteiger partial charge in [-0.15, -0.1) is 0 Å². The van der Waals surface area contributed by atoms with Crippen LogP contribution < -0.4 is 10.5 Å². The molecule has 7 heteroatoms. The fourth-order valence-electron chi connectivity index (χ4n) is 1.49. The van der Waals surface area contributed by atoms with E-state index >= 15 is 0 Å². The van der Waals surface area contributed by atoms with E-state index < -0.39 is 18.3 Å². The van der Waals surface area contributed by atoms with Crippen LogP contribution in [-0.2, 0) is 4.74 Å². The Labute approximate surface area is 116 Å². The zero-order chi connectivity index (χ0) is 15.1. The van der Waals surface area contributed by atoms with E-state index in [1.807, 2.05) is 0 Å². The van der Waals surface area contributed by atoms with Gasteiger partial charge < -0.3 is 25.2 Å². The van der Waals surface area contributed by atoms with E-state index in [2.05, 4.69) is 0 Å². The summed E-state index contributed by atoms with van der Waals surface area (Å²) in [5.41, 5.74) is 5.63. The van der Waals surface area contributed by atoms with Crippen molar-refractivity contribution in [1.82, 2.24) is 4.90 Å². The van der Waals surface area contributed by atoms with Crippen LogP contribution in [0.25, 0.3) is 0 Å². The van der Waals surface area contributed by atoms with Gasteiger partial charge in [-0.25, -0.2) is 9.59 Å². The number of nitrogens with zero attached hydrogens (tertiary/aromatic N) is 1. The molecule has 1 aromatic carbocycles. The first kappa shape index (κ1) is 15.8. The smallest absolute Gasteiger partial charge is 0.414 e. The maximum Gasteiger partial charge on any atom is 0.414 e. The van der Waals surface area contributed by atoms with Crippen molar-refractivity contribution in [3.63, 3.8) is 0 Å². The van der Waals surface area contributed by atoms with Gasteiger partial charge in [-0.3, -0.25) is 0 Å². The molecule has 0 bridgehead atoms. The topological polar surface area (TPSA) is 102 Å². The third-order valence-electron chi connectivity index (χ3n) is 2.47. The molecule has 3 N–H and O–H groups in total. The summed E-state index contributed by atoms with van der Waals surface area (Å²) < 4.78 is 9.96. The molecule has 0 aromatic heterocycles. The van der Waals surface area contributed by atoms with E-state index in [1.54, 1.807) is 38.4 Å². The Balaban J connectivity index is 2.77. The van der Waals surface area contributed by atoms with Gasteiger partial charge in [0.2, 0.25) is 0 Å². The second-order valence-corrected chi connectivity index (χ2v) is 4.27. The Kier molecular flexibility index (Phi) is 5.79. The molecule has 0 spiro atoms. The molecule has 7 nitrogen and oxygen atoms in total. The van der Waals surface area contributed by atoms with Crippen LogP contribution in [0.1, 0.15) is 18.1 Å². The third-order valence-corrected chi connectivity index (χ3v) is 2.47. The van der Waals surface area contributed by atoms with E-state index in [-0.39, 0.29) is 13.0 Å². The highest BCUT2D eigenvalue weighted by atomic mass is 16.6. The molecule has 0 aliphatic carbocycles. The molecule has 1 rings (SSSR count). The number of primary amides is 1. The molecule has 0 unspecified atom stereocenters. The minimum Gasteiger partial charge on any atom is -0.441 e. The van der Waals surface area contributed by atoms with Gasteiger partial charge in [0.25, 0.3) is 0 Å². The Hall–Kier alpha value is -2.28. The Morgan fingerprint density at radius 2 is 1.90 bits per heavy atom. The molecule has 0 saturated carbocycles. The molecule has 0 aliphatic heterocycles. The van der Waals surface area contributed by atoms with Gasteiger partial charge in [0.05, 0.1) is 0 Å². The van der Waals surface area contributed by atoms with Gasteiger partial charge in [0.1, 0.15) is 11.9 Å². The predicted molar refractivity (Wildman–Crippen MR) is 71.3 cm³/mol. The number of aliphatic hydroxyl groups excluding tert-OH is 1. The van der Waals surface area contributed by atoms with Crippen LogP contribution in [0.15, 0.2) is 24.3 Å². The van der Waals surface area contributed by atoms with Crippen LogP contribution in [0.3, 0.4) is 0 Å². The molecule has 0 saturated heterocycles. The molecule has 0 radical (unpaired) electrons. The average molecular weight is 282 g/mol. The van der Waals surface area contributed by atoms with Crippen molar-refractivity contribution in [3.05, 3.63) is 29.8 Å².